The van der Waals surface area contributed by atoms with Gasteiger partial charge in [0.15, 0.2) is 0 Å². The van der Waals surface area contributed by atoms with Crippen molar-refractivity contribution in [1.82, 2.24) is 0 Å². The van der Waals surface area contributed by atoms with Crippen molar-refractivity contribution in [2.45, 2.75) is 52.7 Å². The summed E-state index contributed by atoms with van der Waals surface area (Å²) in [5.74, 6) is 0.198. The van der Waals surface area contributed by atoms with Crippen molar-refractivity contribution in [3.05, 3.63) is 0 Å². The molecule has 0 heterocycles. The second kappa shape index (κ2) is 3.56. The first-order chi connectivity index (χ1) is 5.15. The maximum absolute atomic E-state index is 9.81. The van der Waals surface area contributed by atoms with E-state index in [0.29, 0.717) is 0 Å². The monoisotopic (exact) mass is 171 g/mol. The number of aliphatic hydroxyl groups is 1. The number of nitrogens with zero attached hydrogens (tertiary/aromatic N) is 1. The average molecular weight is 171 g/mol. The summed E-state index contributed by atoms with van der Waals surface area (Å²) in [6.45, 7) is 11.8. The van der Waals surface area contributed by atoms with Crippen LogP contribution in [0.4, 0.5) is 0 Å². The van der Waals surface area contributed by atoms with Crippen molar-refractivity contribution in [3.8, 4) is 0 Å². The normalized spacial score (nSPS) is 18.7. The molecule has 2 nitrogen and oxygen atoms in total. The maximum atomic E-state index is 9.81. The van der Waals surface area contributed by atoms with Crippen molar-refractivity contribution in [2.75, 3.05) is 0 Å². The van der Waals surface area contributed by atoms with Gasteiger partial charge in [-0.1, -0.05) is 13.8 Å². The summed E-state index contributed by atoms with van der Waals surface area (Å²) in [6.07, 6.45) is 1.65. The quantitative estimate of drug-likeness (QED) is 0.635. The minimum Gasteiger partial charge on any atom is -0.384 e. The van der Waals surface area contributed by atoms with Gasteiger partial charge in [-0.25, -0.2) is 0 Å². The highest BCUT2D eigenvalue weighted by atomic mass is 16.3. The van der Waals surface area contributed by atoms with Gasteiger partial charge in [0.2, 0.25) is 0 Å². The molecule has 0 amide bonds. The zero-order valence-corrected chi connectivity index (χ0v) is 9.05. The zero-order chi connectivity index (χ0) is 9.99. The predicted octanol–water partition coefficient (Wildman–Crippen LogP) is 2.26. The molecule has 0 aromatic rings. The van der Waals surface area contributed by atoms with Crippen molar-refractivity contribution < 1.29 is 5.11 Å². The van der Waals surface area contributed by atoms with Crippen LogP contribution in [-0.4, -0.2) is 22.5 Å². The van der Waals surface area contributed by atoms with Gasteiger partial charge >= 0.3 is 0 Å². The van der Waals surface area contributed by atoms with Crippen LogP contribution in [0.1, 0.15) is 41.5 Å². The highest BCUT2D eigenvalue weighted by Gasteiger charge is 2.22. The van der Waals surface area contributed by atoms with Crippen LogP contribution in [0.3, 0.4) is 0 Å². The van der Waals surface area contributed by atoms with Crippen LogP contribution in [0.25, 0.3) is 0 Å². The molecular weight excluding hydrogens is 150 g/mol. The van der Waals surface area contributed by atoms with Gasteiger partial charge in [-0.05, 0) is 33.6 Å². The highest BCUT2D eigenvalue weighted by molar-refractivity contribution is 5.68. The van der Waals surface area contributed by atoms with Crippen LogP contribution >= 0.6 is 0 Å². The van der Waals surface area contributed by atoms with E-state index in [1.54, 1.807) is 13.1 Å². The SMILES string of the molecule is CC(C)C(C)(O)C=NC(C)(C)C. The van der Waals surface area contributed by atoms with Gasteiger partial charge in [0.1, 0.15) is 0 Å². The lowest BCUT2D eigenvalue weighted by Crippen LogP contribution is -2.33. The average Bonchev–Trinajstić information content (AvgIpc) is 1.82. The molecule has 12 heavy (non-hydrogen) atoms. The van der Waals surface area contributed by atoms with Gasteiger partial charge in [0.25, 0.3) is 0 Å². The third-order valence-corrected chi connectivity index (χ3v) is 1.88. The molecule has 0 spiro atoms. The molecule has 0 fully saturated rings. The molecule has 1 atom stereocenters. The number of hydrogen-bond donors (Lipinski definition) is 1. The van der Waals surface area contributed by atoms with E-state index in [4.69, 9.17) is 0 Å². The minimum absolute atomic E-state index is 0.0983. The number of rotatable bonds is 2. The van der Waals surface area contributed by atoms with E-state index in [0.717, 1.165) is 0 Å². The molecule has 0 aliphatic rings. The van der Waals surface area contributed by atoms with E-state index < -0.39 is 5.60 Å². The summed E-state index contributed by atoms with van der Waals surface area (Å²) in [5.41, 5.74) is -0.883. The summed E-state index contributed by atoms with van der Waals surface area (Å²) in [7, 11) is 0. The molecule has 1 unspecified atom stereocenters. The lowest BCUT2D eigenvalue weighted by molar-refractivity contribution is 0.0872. The molecule has 0 aliphatic heterocycles. The van der Waals surface area contributed by atoms with Crippen LogP contribution in [-0.2, 0) is 0 Å². The lowest BCUT2D eigenvalue weighted by Gasteiger charge is -2.24. The summed E-state index contributed by atoms with van der Waals surface area (Å²) >= 11 is 0. The third kappa shape index (κ3) is 4.50. The molecule has 1 N–H and O–H groups in total. The van der Waals surface area contributed by atoms with Crippen molar-refractivity contribution in [2.24, 2.45) is 10.9 Å². The highest BCUT2D eigenvalue weighted by Crippen LogP contribution is 2.15. The van der Waals surface area contributed by atoms with Gasteiger partial charge < -0.3 is 5.11 Å². The molecule has 0 rings (SSSR count). The molecule has 0 aromatic carbocycles. The second-order valence-corrected chi connectivity index (χ2v) is 4.81. The van der Waals surface area contributed by atoms with Crippen LogP contribution < -0.4 is 0 Å². The van der Waals surface area contributed by atoms with Crippen molar-refractivity contribution in [3.63, 3.8) is 0 Å². The van der Waals surface area contributed by atoms with Gasteiger partial charge in [0, 0.05) is 6.21 Å². The van der Waals surface area contributed by atoms with Crippen LogP contribution in [0.2, 0.25) is 0 Å². The van der Waals surface area contributed by atoms with Crippen LogP contribution in [0.15, 0.2) is 4.99 Å². The fourth-order valence-corrected chi connectivity index (χ4v) is 0.473. The minimum atomic E-state index is -0.784. The van der Waals surface area contributed by atoms with Gasteiger partial charge in [-0.3, -0.25) is 4.99 Å². The fourth-order valence-electron chi connectivity index (χ4n) is 0.473. The Morgan fingerprint density at radius 1 is 1.17 bits per heavy atom. The Balaban J connectivity index is 4.34. The topological polar surface area (TPSA) is 32.6 Å². The van der Waals surface area contributed by atoms with Gasteiger partial charge in [-0.15, -0.1) is 0 Å². The Kier molecular flexibility index (Phi) is 3.45. The van der Waals surface area contributed by atoms with E-state index in [1.165, 1.54) is 0 Å². The third-order valence-electron chi connectivity index (χ3n) is 1.88. The standard InChI is InChI=1S/C10H21NO/c1-8(2)10(6,12)7-11-9(3,4)5/h7-8,12H,1-6H3. The Labute approximate surface area is 75.7 Å². The molecule has 0 aromatic heterocycles. The Morgan fingerprint density at radius 2 is 1.58 bits per heavy atom. The maximum Gasteiger partial charge on any atom is 0.0987 e. The summed E-state index contributed by atoms with van der Waals surface area (Å²) in [6, 6.07) is 0. The van der Waals surface area contributed by atoms with Gasteiger partial charge in [-0.2, -0.15) is 0 Å². The summed E-state index contributed by atoms with van der Waals surface area (Å²) in [4.78, 5) is 4.27. The summed E-state index contributed by atoms with van der Waals surface area (Å²) in [5, 5.41) is 9.81. The van der Waals surface area contributed by atoms with Crippen LogP contribution in [0.5, 0.6) is 0 Å². The zero-order valence-electron chi connectivity index (χ0n) is 9.05. The smallest absolute Gasteiger partial charge is 0.0987 e. The first-order valence-electron chi connectivity index (χ1n) is 4.44. The Hall–Kier alpha value is -0.370. The lowest BCUT2D eigenvalue weighted by atomic mass is 9.94. The molecule has 0 saturated carbocycles. The molecule has 0 aliphatic carbocycles. The first-order valence-corrected chi connectivity index (χ1v) is 4.44. The first kappa shape index (κ1) is 11.6. The van der Waals surface area contributed by atoms with E-state index in [9.17, 15) is 5.11 Å². The molecular formula is C10H21NO. The molecule has 0 radical (unpaired) electrons. The van der Waals surface area contributed by atoms with Crippen LogP contribution in [0, 0.1) is 5.92 Å². The molecule has 2 heteroatoms. The number of aliphatic imine (C=N–C) groups is 1. The predicted molar refractivity (Wildman–Crippen MR) is 53.7 cm³/mol. The largest absolute Gasteiger partial charge is 0.384 e. The van der Waals surface area contributed by atoms with E-state index in [2.05, 4.69) is 4.99 Å². The number of hydrogen-bond acceptors (Lipinski definition) is 2. The Bertz CT molecular complexity index is 163. The van der Waals surface area contributed by atoms with Crippen molar-refractivity contribution in [1.29, 1.82) is 0 Å². The van der Waals surface area contributed by atoms with E-state index in [-0.39, 0.29) is 11.5 Å². The molecule has 0 saturated heterocycles. The summed E-state index contributed by atoms with van der Waals surface area (Å²) < 4.78 is 0. The molecule has 0 bridgehead atoms. The Morgan fingerprint density at radius 3 is 1.83 bits per heavy atom. The van der Waals surface area contributed by atoms with E-state index >= 15 is 0 Å². The second-order valence-electron chi connectivity index (χ2n) is 4.81. The fraction of sp³-hybridized carbons (Fsp3) is 0.900. The molecule has 72 valence electrons. The van der Waals surface area contributed by atoms with E-state index in [1.807, 2.05) is 34.6 Å². The van der Waals surface area contributed by atoms with Crippen molar-refractivity contribution >= 4 is 6.21 Å². The van der Waals surface area contributed by atoms with Gasteiger partial charge in [0.05, 0.1) is 11.1 Å².